The minimum Gasteiger partial charge on any atom is -0.466 e. The first-order valence-electron chi connectivity index (χ1n) is 9.49. The summed E-state index contributed by atoms with van der Waals surface area (Å²) in [6.07, 6.45) is 4.66. The van der Waals surface area contributed by atoms with Gasteiger partial charge in [-0.05, 0) is 46.0 Å². The van der Waals surface area contributed by atoms with E-state index in [0.29, 0.717) is 18.7 Å². The van der Waals surface area contributed by atoms with E-state index >= 15 is 0 Å². The summed E-state index contributed by atoms with van der Waals surface area (Å²) in [5.41, 5.74) is -0.0534. The Balaban J connectivity index is 1.82. The van der Waals surface area contributed by atoms with E-state index in [1.807, 2.05) is 6.92 Å². The molecule has 0 aromatic carbocycles. The Labute approximate surface area is 152 Å². The van der Waals surface area contributed by atoms with Crippen molar-refractivity contribution in [2.75, 3.05) is 20.8 Å². The van der Waals surface area contributed by atoms with Gasteiger partial charge in [-0.1, -0.05) is 13.8 Å². The number of carbonyl (C=O) groups is 1. The van der Waals surface area contributed by atoms with E-state index in [-0.39, 0.29) is 22.9 Å². The van der Waals surface area contributed by atoms with Crippen LogP contribution in [0.5, 0.6) is 0 Å². The number of nitrogens with zero attached hydrogens (tertiary/aromatic N) is 1. The highest BCUT2D eigenvalue weighted by molar-refractivity contribution is 5.80. The van der Waals surface area contributed by atoms with Gasteiger partial charge in [-0.15, -0.1) is 0 Å². The van der Waals surface area contributed by atoms with Gasteiger partial charge in [0.05, 0.1) is 18.1 Å². The molecule has 2 rings (SSSR count). The molecule has 2 aliphatic rings. The molecule has 0 saturated heterocycles. The first-order valence-corrected chi connectivity index (χ1v) is 9.49. The minimum atomic E-state index is -0.0960. The van der Waals surface area contributed by atoms with E-state index < -0.39 is 0 Å². The van der Waals surface area contributed by atoms with Crippen LogP contribution in [0.4, 0.5) is 0 Å². The molecule has 0 heterocycles. The second kappa shape index (κ2) is 7.94. The molecule has 0 aromatic rings. The molecule has 2 unspecified atom stereocenters. The van der Waals surface area contributed by atoms with Crippen LogP contribution in [0.15, 0.2) is 4.99 Å². The Kier molecular flexibility index (Phi) is 6.35. The van der Waals surface area contributed by atoms with Gasteiger partial charge >= 0.3 is 5.97 Å². The predicted molar refractivity (Wildman–Crippen MR) is 99.6 cm³/mol. The lowest BCUT2D eigenvalue weighted by molar-refractivity contribution is -0.176. The number of guanidine groups is 1. The molecule has 0 spiro atoms. The lowest BCUT2D eigenvalue weighted by Gasteiger charge is -2.59. The van der Waals surface area contributed by atoms with Crippen molar-refractivity contribution in [1.82, 2.24) is 10.6 Å². The highest BCUT2D eigenvalue weighted by atomic mass is 16.5. The van der Waals surface area contributed by atoms with E-state index in [4.69, 9.17) is 9.47 Å². The third-order valence-corrected chi connectivity index (χ3v) is 6.50. The van der Waals surface area contributed by atoms with Crippen LogP contribution in [-0.2, 0) is 14.3 Å². The molecule has 2 saturated carbocycles. The lowest BCUT2D eigenvalue weighted by atomic mass is 9.56. The SMILES string of the molecule is CCOC(=O)C1CCC(NC(=NC)NC2CC(C)(OC)C2(C)C)CC1. The van der Waals surface area contributed by atoms with Gasteiger partial charge in [0.25, 0.3) is 0 Å². The highest BCUT2D eigenvalue weighted by Crippen LogP contribution is 2.51. The zero-order valence-corrected chi connectivity index (χ0v) is 16.6. The Bertz CT molecular complexity index is 498. The van der Waals surface area contributed by atoms with Crippen molar-refractivity contribution in [1.29, 1.82) is 0 Å². The molecule has 2 N–H and O–H groups in total. The van der Waals surface area contributed by atoms with Gasteiger partial charge in [0.15, 0.2) is 5.96 Å². The molecule has 144 valence electrons. The van der Waals surface area contributed by atoms with Gasteiger partial charge in [0, 0.05) is 31.7 Å². The molecule has 0 radical (unpaired) electrons. The van der Waals surface area contributed by atoms with Crippen LogP contribution < -0.4 is 10.6 Å². The lowest BCUT2D eigenvalue weighted by Crippen LogP contribution is -2.69. The van der Waals surface area contributed by atoms with Gasteiger partial charge < -0.3 is 20.1 Å². The molecular weight excluding hydrogens is 318 g/mol. The van der Waals surface area contributed by atoms with Crippen molar-refractivity contribution >= 4 is 11.9 Å². The zero-order chi connectivity index (χ0) is 18.7. The third-order valence-electron chi connectivity index (χ3n) is 6.50. The van der Waals surface area contributed by atoms with Gasteiger partial charge in [0.2, 0.25) is 0 Å². The predicted octanol–water partition coefficient (Wildman–Crippen LogP) is 2.48. The van der Waals surface area contributed by atoms with Gasteiger partial charge in [0.1, 0.15) is 0 Å². The smallest absolute Gasteiger partial charge is 0.308 e. The van der Waals surface area contributed by atoms with Crippen LogP contribution in [0.2, 0.25) is 0 Å². The third kappa shape index (κ3) is 4.10. The van der Waals surface area contributed by atoms with Crippen LogP contribution in [0.3, 0.4) is 0 Å². The topological polar surface area (TPSA) is 72.0 Å². The summed E-state index contributed by atoms with van der Waals surface area (Å²) in [5, 5.41) is 7.08. The van der Waals surface area contributed by atoms with Crippen LogP contribution >= 0.6 is 0 Å². The fraction of sp³-hybridized carbons (Fsp3) is 0.895. The monoisotopic (exact) mass is 353 g/mol. The van der Waals surface area contributed by atoms with Crippen LogP contribution in [0, 0.1) is 11.3 Å². The minimum absolute atomic E-state index is 0.0426. The molecule has 0 aliphatic heterocycles. The summed E-state index contributed by atoms with van der Waals surface area (Å²) in [4.78, 5) is 16.2. The number of carbonyl (C=O) groups excluding carboxylic acids is 1. The second-order valence-electron chi connectivity index (χ2n) is 8.07. The molecule has 0 bridgehead atoms. The number of hydrogen-bond acceptors (Lipinski definition) is 4. The van der Waals surface area contributed by atoms with Crippen LogP contribution in [0.25, 0.3) is 0 Å². The van der Waals surface area contributed by atoms with Crippen molar-refractivity contribution in [3.8, 4) is 0 Å². The molecule has 0 amide bonds. The summed E-state index contributed by atoms with van der Waals surface area (Å²) in [5.74, 6) is 0.857. The normalized spacial score (nSPS) is 34.8. The number of aliphatic imine (C=N–C) groups is 1. The summed E-state index contributed by atoms with van der Waals surface area (Å²) < 4.78 is 10.8. The largest absolute Gasteiger partial charge is 0.466 e. The Morgan fingerprint density at radius 3 is 2.28 bits per heavy atom. The molecule has 2 aliphatic carbocycles. The zero-order valence-electron chi connectivity index (χ0n) is 16.6. The molecule has 2 fully saturated rings. The van der Waals surface area contributed by atoms with Crippen molar-refractivity contribution < 1.29 is 14.3 Å². The molecule has 6 heteroatoms. The van der Waals surface area contributed by atoms with Crippen LogP contribution in [0.1, 0.15) is 59.8 Å². The summed E-state index contributed by atoms with van der Waals surface area (Å²) in [7, 11) is 3.59. The van der Waals surface area contributed by atoms with E-state index in [2.05, 4.69) is 36.4 Å². The second-order valence-corrected chi connectivity index (χ2v) is 8.07. The fourth-order valence-electron chi connectivity index (χ4n) is 3.99. The number of methoxy groups -OCH3 is 1. The maximum Gasteiger partial charge on any atom is 0.308 e. The molecule has 2 atom stereocenters. The first-order chi connectivity index (χ1) is 11.8. The van der Waals surface area contributed by atoms with E-state index in [1.54, 1.807) is 14.2 Å². The average Bonchev–Trinajstić information content (AvgIpc) is 2.60. The van der Waals surface area contributed by atoms with Crippen molar-refractivity contribution in [3.63, 3.8) is 0 Å². The summed E-state index contributed by atoms with van der Waals surface area (Å²) in [6, 6.07) is 0.688. The molecule has 25 heavy (non-hydrogen) atoms. The van der Waals surface area contributed by atoms with Gasteiger partial charge in [-0.2, -0.15) is 0 Å². The van der Waals surface area contributed by atoms with Crippen LogP contribution in [-0.4, -0.2) is 50.4 Å². The average molecular weight is 354 g/mol. The van der Waals surface area contributed by atoms with Crippen molar-refractivity contribution in [2.45, 2.75) is 77.5 Å². The van der Waals surface area contributed by atoms with E-state index in [1.165, 1.54) is 0 Å². The Morgan fingerprint density at radius 2 is 1.80 bits per heavy atom. The number of nitrogens with one attached hydrogen (secondary N) is 2. The fourth-order valence-corrected chi connectivity index (χ4v) is 3.99. The van der Waals surface area contributed by atoms with Crippen molar-refractivity contribution in [3.05, 3.63) is 0 Å². The van der Waals surface area contributed by atoms with E-state index in [9.17, 15) is 4.79 Å². The van der Waals surface area contributed by atoms with E-state index in [0.717, 1.165) is 38.1 Å². The number of hydrogen-bond donors (Lipinski definition) is 2. The quantitative estimate of drug-likeness (QED) is 0.451. The molecular formula is C19H35N3O3. The first kappa shape index (κ1) is 20.0. The maximum absolute atomic E-state index is 11.8. The van der Waals surface area contributed by atoms with Gasteiger partial charge in [-0.25, -0.2) is 0 Å². The number of esters is 1. The standard InChI is InChI=1S/C19H35N3O3/c1-7-25-16(23)13-8-10-14(11-9-13)21-17(20-5)22-15-12-19(4,24-6)18(15,2)3/h13-15H,7-12H2,1-6H3,(H2,20,21,22). The summed E-state index contributed by atoms with van der Waals surface area (Å²) in [6.45, 7) is 8.95. The Morgan fingerprint density at radius 1 is 1.16 bits per heavy atom. The molecule has 0 aromatic heterocycles. The summed E-state index contributed by atoms with van der Waals surface area (Å²) >= 11 is 0. The molecule has 6 nitrogen and oxygen atoms in total. The Hall–Kier alpha value is -1.30. The highest BCUT2D eigenvalue weighted by Gasteiger charge is 2.58. The van der Waals surface area contributed by atoms with Crippen molar-refractivity contribution in [2.24, 2.45) is 16.3 Å². The van der Waals surface area contributed by atoms with Gasteiger partial charge in [-0.3, -0.25) is 9.79 Å². The number of ether oxygens (including phenoxy) is 2. The number of rotatable bonds is 5. The maximum atomic E-state index is 11.8.